The Hall–Kier alpha value is -3.48. The monoisotopic (exact) mass is 363 g/mol. The van der Waals surface area contributed by atoms with E-state index in [1.54, 1.807) is 25.1 Å². The molecule has 27 heavy (non-hydrogen) atoms. The summed E-state index contributed by atoms with van der Waals surface area (Å²) in [5.74, 6) is -0.149. The summed E-state index contributed by atoms with van der Waals surface area (Å²) >= 11 is 0. The molecule has 0 spiro atoms. The van der Waals surface area contributed by atoms with Crippen molar-refractivity contribution in [3.05, 3.63) is 76.7 Å². The second-order valence-electron chi connectivity index (χ2n) is 6.53. The average molecular weight is 363 g/mol. The van der Waals surface area contributed by atoms with E-state index in [4.69, 9.17) is 5.73 Å². The Balaban J connectivity index is 1.92. The fraction of sp³-hybridized carbons (Fsp3) is 0.150. The highest BCUT2D eigenvalue weighted by Crippen LogP contribution is 2.36. The van der Waals surface area contributed by atoms with Crippen LogP contribution in [0, 0.1) is 12.7 Å². The molecule has 1 aliphatic rings. The molecule has 0 fully saturated rings. The molecular weight excluding hydrogens is 345 g/mol. The molecule has 6 nitrogen and oxygen atoms in total. The van der Waals surface area contributed by atoms with Gasteiger partial charge in [0.15, 0.2) is 5.82 Å². The molecule has 4 rings (SSSR count). The topological polar surface area (TPSA) is 85.8 Å². The highest BCUT2D eigenvalue weighted by Gasteiger charge is 2.34. The highest BCUT2D eigenvalue weighted by molar-refractivity contribution is 5.95. The van der Waals surface area contributed by atoms with Crippen LogP contribution in [-0.4, -0.2) is 20.7 Å². The Bertz CT molecular complexity index is 1090. The van der Waals surface area contributed by atoms with Gasteiger partial charge >= 0.3 is 0 Å². The molecule has 0 saturated carbocycles. The van der Waals surface area contributed by atoms with Gasteiger partial charge in [0.25, 0.3) is 0 Å². The quantitative estimate of drug-likeness (QED) is 0.748. The van der Waals surface area contributed by atoms with Crippen LogP contribution < -0.4 is 11.1 Å². The van der Waals surface area contributed by atoms with Crippen LogP contribution in [-0.2, 0) is 4.79 Å². The van der Waals surface area contributed by atoms with Gasteiger partial charge in [-0.05, 0) is 26.0 Å². The molecule has 0 unspecified atom stereocenters. The zero-order chi connectivity index (χ0) is 19.1. The van der Waals surface area contributed by atoms with Gasteiger partial charge in [-0.2, -0.15) is 4.98 Å². The Morgan fingerprint density at radius 3 is 2.67 bits per heavy atom. The van der Waals surface area contributed by atoms with E-state index >= 15 is 0 Å². The van der Waals surface area contributed by atoms with Crippen LogP contribution in [0.1, 0.15) is 24.1 Å². The van der Waals surface area contributed by atoms with E-state index in [2.05, 4.69) is 15.4 Å². The number of carbonyl (C=O) groups is 1. The number of nitrogens with zero attached hydrogens (tertiary/aromatic N) is 3. The second-order valence-corrected chi connectivity index (χ2v) is 6.53. The van der Waals surface area contributed by atoms with Gasteiger partial charge in [-0.15, -0.1) is 5.10 Å². The first-order chi connectivity index (χ1) is 13.0. The molecule has 1 aliphatic heterocycles. The van der Waals surface area contributed by atoms with Crippen LogP contribution in [0.3, 0.4) is 0 Å². The lowest BCUT2D eigenvalue weighted by Crippen LogP contribution is -2.32. The molecule has 0 aliphatic carbocycles. The Kier molecular flexibility index (Phi) is 3.99. The zero-order valence-electron chi connectivity index (χ0n) is 14.9. The molecule has 0 bridgehead atoms. The lowest BCUT2D eigenvalue weighted by Gasteiger charge is -2.27. The first kappa shape index (κ1) is 17.0. The van der Waals surface area contributed by atoms with E-state index in [1.165, 1.54) is 10.7 Å². The number of hydrogen-bond acceptors (Lipinski definition) is 4. The van der Waals surface area contributed by atoms with Gasteiger partial charge in [-0.1, -0.05) is 42.0 Å². The molecule has 2 aromatic carbocycles. The normalized spacial score (nSPS) is 16.0. The maximum Gasteiger partial charge on any atom is 0.248 e. The van der Waals surface area contributed by atoms with Crippen molar-refractivity contribution in [2.24, 2.45) is 5.73 Å². The molecule has 1 aromatic heterocycles. The fourth-order valence-corrected chi connectivity index (χ4v) is 3.36. The summed E-state index contributed by atoms with van der Waals surface area (Å²) in [4.78, 5) is 16.7. The summed E-state index contributed by atoms with van der Waals surface area (Å²) in [6.45, 7) is 3.70. The minimum absolute atomic E-state index is 0.258. The summed E-state index contributed by atoms with van der Waals surface area (Å²) in [5.41, 5.74) is 8.63. The number of anilines is 1. The number of hydrogen-bond donors (Lipinski definition) is 2. The number of aromatic nitrogens is 3. The number of nitrogens with one attached hydrogen (secondary N) is 1. The van der Waals surface area contributed by atoms with Gasteiger partial charge in [-0.3, -0.25) is 4.79 Å². The minimum atomic E-state index is -0.786. The summed E-state index contributed by atoms with van der Waals surface area (Å²) in [7, 11) is 0. The van der Waals surface area contributed by atoms with Crippen LogP contribution >= 0.6 is 0 Å². The fourth-order valence-electron chi connectivity index (χ4n) is 3.36. The standard InChI is InChI=1S/C20H18FN5O/c1-11-6-5-7-13(10-11)19-24-20-23-12(2)16(18(22)27)17(26(20)25-19)14-8-3-4-9-15(14)21/h3-10,17H,1-2H3,(H2,22,27)(H,23,24,25)/t17-/m1/s1. The van der Waals surface area contributed by atoms with Gasteiger partial charge in [0.05, 0.1) is 5.57 Å². The number of fused-ring (bicyclic) bond motifs is 1. The van der Waals surface area contributed by atoms with Crippen LogP contribution in [0.4, 0.5) is 10.3 Å². The van der Waals surface area contributed by atoms with Gasteiger partial charge < -0.3 is 11.1 Å². The van der Waals surface area contributed by atoms with Crippen molar-refractivity contribution in [2.45, 2.75) is 19.9 Å². The lowest BCUT2D eigenvalue weighted by atomic mass is 9.95. The van der Waals surface area contributed by atoms with Crippen LogP contribution in [0.15, 0.2) is 59.8 Å². The average Bonchev–Trinajstić information content (AvgIpc) is 3.04. The number of primary amides is 1. The summed E-state index contributed by atoms with van der Waals surface area (Å²) in [6.07, 6.45) is 0. The van der Waals surface area contributed by atoms with E-state index in [9.17, 15) is 9.18 Å². The van der Waals surface area contributed by atoms with E-state index in [0.717, 1.165) is 11.1 Å². The van der Waals surface area contributed by atoms with Crippen molar-refractivity contribution < 1.29 is 9.18 Å². The molecule has 3 aromatic rings. The maximum atomic E-state index is 14.6. The molecule has 7 heteroatoms. The molecule has 1 atom stereocenters. The number of benzene rings is 2. The van der Waals surface area contributed by atoms with E-state index in [0.29, 0.717) is 23.0 Å². The predicted octanol–water partition coefficient (Wildman–Crippen LogP) is 3.17. The molecule has 0 saturated heterocycles. The van der Waals surface area contributed by atoms with Crippen molar-refractivity contribution >= 4 is 11.9 Å². The van der Waals surface area contributed by atoms with Gasteiger partial charge in [-0.25, -0.2) is 9.07 Å². The van der Waals surface area contributed by atoms with E-state index in [-0.39, 0.29) is 5.57 Å². The van der Waals surface area contributed by atoms with Crippen LogP contribution in [0.5, 0.6) is 0 Å². The number of allylic oxidation sites excluding steroid dienone is 1. The molecule has 0 radical (unpaired) electrons. The van der Waals surface area contributed by atoms with Crippen molar-refractivity contribution in [1.82, 2.24) is 14.8 Å². The third-order valence-corrected chi connectivity index (χ3v) is 4.59. The third kappa shape index (κ3) is 2.87. The predicted molar refractivity (Wildman–Crippen MR) is 100 cm³/mol. The zero-order valence-corrected chi connectivity index (χ0v) is 14.9. The van der Waals surface area contributed by atoms with Gasteiger partial charge in [0.1, 0.15) is 11.9 Å². The first-order valence-electron chi connectivity index (χ1n) is 8.51. The number of amides is 1. The van der Waals surface area contributed by atoms with Crippen LogP contribution in [0.2, 0.25) is 0 Å². The largest absolute Gasteiger partial charge is 0.366 e. The third-order valence-electron chi connectivity index (χ3n) is 4.59. The Morgan fingerprint density at radius 2 is 1.96 bits per heavy atom. The highest BCUT2D eigenvalue weighted by atomic mass is 19.1. The lowest BCUT2D eigenvalue weighted by molar-refractivity contribution is -0.115. The smallest absolute Gasteiger partial charge is 0.248 e. The Morgan fingerprint density at radius 1 is 1.19 bits per heavy atom. The number of nitrogens with two attached hydrogens (primary N) is 1. The molecule has 2 heterocycles. The van der Waals surface area contributed by atoms with E-state index in [1.807, 2.05) is 31.2 Å². The van der Waals surface area contributed by atoms with Crippen molar-refractivity contribution in [3.63, 3.8) is 0 Å². The summed E-state index contributed by atoms with van der Waals surface area (Å²) in [6, 6.07) is 13.3. The minimum Gasteiger partial charge on any atom is -0.366 e. The number of carbonyl (C=O) groups excluding carboxylic acids is 1. The SMILES string of the molecule is CC1=C(C(N)=O)[C@@H](c2ccccc2F)n2nc(-c3cccc(C)c3)nc2N1. The molecule has 136 valence electrons. The van der Waals surface area contributed by atoms with Crippen LogP contribution in [0.25, 0.3) is 11.4 Å². The number of aryl methyl sites for hydroxylation is 1. The molecular formula is C20H18FN5O. The second kappa shape index (κ2) is 6.35. The van der Waals surface area contributed by atoms with Crippen molar-refractivity contribution in [2.75, 3.05) is 5.32 Å². The van der Waals surface area contributed by atoms with Gasteiger partial charge in [0, 0.05) is 16.8 Å². The summed E-state index contributed by atoms with van der Waals surface area (Å²) in [5, 5.41) is 7.62. The first-order valence-corrected chi connectivity index (χ1v) is 8.51. The number of halogens is 1. The molecule has 3 N–H and O–H groups in total. The van der Waals surface area contributed by atoms with Gasteiger partial charge in [0.2, 0.25) is 11.9 Å². The maximum absolute atomic E-state index is 14.6. The van der Waals surface area contributed by atoms with Crippen molar-refractivity contribution in [1.29, 1.82) is 0 Å². The van der Waals surface area contributed by atoms with Crippen molar-refractivity contribution in [3.8, 4) is 11.4 Å². The summed E-state index contributed by atoms with van der Waals surface area (Å²) < 4.78 is 16.1. The molecule has 1 amide bonds. The van der Waals surface area contributed by atoms with E-state index < -0.39 is 17.8 Å². The number of rotatable bonds is 3. The Labute approximate surface area is 155 Å².